The molecule has 0 bridgehead atoms. The van der Waals surface area contributed by atoms with Gasteiger partial charge < -0.3 is 4.74 Å². The molecule has 2 atom stereocenters. The van der Waals surface area contributed by atoms with E-state index in [9.17, 15) is 13.2 Å². The van der Waals surface area contributed by atoms with Gasteiger partial charge in [0.05, 0.1) is 12.4 Å². The molecule has 1 fully saturated rings. The van der Waals surface area contributed by atoms with Crippen LogP contribution in [0, 0.1) is 5.92 Å². The Balaban J connectivity index is 2.38. The van der Waals surface area contributed by atoms with Gasteiger partial charge in [-0.25, -0.2) is 12.7 Å². The first-order chi connectivity index (χ1) is 8.82. The normalized spacial score (nSPS) is 23.2. The van der Waals surface area contributed by atoms with Crippen LogP contribution >= 0.6 is 0 Å². The lowest BCUT2D eigenvalue weighted by Crippen LogP contribution is -2.39. The molecule has 0 aliphatic carbocycles. The van der Waals surface area contributed by atoms with Crippen LogP contribution in [-0.4, -0.2) is 51.1 Å². The molecule has 112 valence electrons. The number of hydrogen-bond acceptors (Lipinski definition) is 4. The number of nitrogens with zero attached hydrogens (tertiary/aromatic N) is 1. The molecule has 1 aliphatic rings. The van der Waals surface area contributed by atoms with Gasteiger partial charge in [0.25, 0.3) is 0 Å². The molecule has 0 spiro atoms. The molecule has 1 saturated heterocycles. The second kappa shape index (κ2) is 7.36. The Hall–Kier alpha value is -0.460. The van der Waals surface area contributed by atoms with E-state index in [2.05, 4.69) is 0 Å². The third kappa shape index (κ3) is 6.01. The van der Waals surface area contributed by atoms with Gasteiger partial charge in [-0.3, -0.25) is 4.79 Å². The minimum absolute atomic E-state index is 0.0998. The Morgan fingerprint density at radius 3 is 2.74 bits per heavy atom. The van der Waals surface area contributed by atoms with E-state index in [-0.39, 0.29) is 17.8 Å². The molecule has 0 amide bonds. The molecular formula is C13H25NO4S. The maximum atomic E-state index is 11.9. The molecule has 0 aromatic rings. The average Bonchev–Trinajstić information content (AvgIpc) is 2.35. The number of sulfonamides is 1. The van der Waals surface area contributed by atoms with E-state index in [1.807, 2.05) is 6.92 Å². The largest absolute Gasteiger partial charge is 0.382 e. The van der Waals surface area contributed by atoms with E-state index < -0.39 is 10.0 Å². The van der Waals surface area contributed by atoms with Gasteiger partial charge >= 0.3 is 0 Å². The third-order valence-electron chi connectivity index (χ3n) is 3.70. The van der Waals surface area contributed by atoms with Gasteiger partial charge in [0, 0.05) is 33.0 Å². The van der Waals surface area contributed by atoms with E-state index in [1.54, 1.807) is 7.11 Å². The first-order valence-corrected chi connectivity index (χ1v) is 8.67. The van der Waals surface area contributed by atoms with E-state index >= 15 is 0 Å². The average molecular weight is 291 g/mol. The highest BCUT2D eigenvalue weighted by Gasteiger charge is 2.27. The zero-order chi connectivity index (χ0) is 14.5. The van der Waals surface area contributed by atoms with E-state index in [0.29, 0.717) is 25.9 Å². The number of carbonyl (C=O) groups excluding carboxylic acids is 1. The van der Waals surface area contributed by atoms with Crippen molar-refractivity contribution in [3.63, 3.8) is 0 Å². The molecule has 5 nitrogen and oxygen atoms in total. The summed E-state index contributed by atoms with van der Waals surface area (Å²) in [5.74, 6) is 0.387. The monoisotopic (exact) mass is 291 g/mol. The number of rotatable bonds is 7. The van der Waals surface area contributed by atoms with Crippen LogP contribution in [0.4, 0.5) is 0 Å². The summed E-state index contributed by atoms with van der Waals surface area (Å²) in [6, 6.07) is 0. The Labute approximate surface area is 116 Å². The Morgan fingerprint density at radius 1 is 1.47 bits per heavy atom. The highest BCUT2D eigenvalue weighted by atomic mass is 32.2. The Morgan fingerprint density at radius 2 is 2.16 bits per heavy atom. The molecule has 1 aliphatic heterocycles. The lowest BCUT2D eigenvalue weighted by atomic mass is 9.92. The molecule has 19 heavy (non-hydrogen) atoms. The lowest BCUT2D eigenvalue weighted by Gasteiger charge is -2.30. The predicted octanol–water partition coefficient (Wildman–Crippen LogP) is 1.43. The molecule has 2 unspecified atom stereocenters. The topological polar surface area (TPSA) is 63.7 Å². The van der Waals surface area contributed by atoms with Gasteiger partial charge in [-0.1, -0.05) is 0 Å². The number of hydrogen-bond donors (Lipinski definition) is 0. The summed E-state index contributed by atoms with van der Waals surface area (Å²) in [5, 5.41) is 0. The van der Waals surface area contributed by atoms with Crippen LogP contribution in [0.5, 0.6) is 0 Å². The van der Waals surface area contributed by atoms with Crippen molar-refractivity contribution >= 4 is 15.8 Å². The van der Waals surface area contributed by atoms with E-state index in [4.69, 9.17) is 4.74 Å². The molecule has 0 aromatic heterocycles. The number of carbonyl (C=O) groups is 1. The summed E-state index contributed by atoms with van der Waals surface area (Å²) >= 11 is 0. The molecule has 1 heterocycles. The highest BCUT2D eigenvalue weighted by Crippen LogP contribution is 2.22. The zero-order valence-electron chi connectivity index (χ0n) is 12.1. The van der Waals surface area contributed by atoms with Crippen molar-refractivity contribution in [2.45, 2.75) is 45.1 Å². The molecule has 6 heteroatoms. The van der Waals surface area contributed by atoms with Crippen LogP contribution in [0.2, 0.25) is 0 Å². The molecular weight excluding hydrogens is 266 g/mol. The fourth-order valence-corrected chi connectivity index (χ4v) is 3.34. The zero-order valence-corrected chi connectivity index (χ0v) is 12.9. The van der Waals surface area contributed by atoms with Gasteiger partial charge in [-0.2, -0.15) is 0 Å². The summed E-state index contributed by atoms with van der Waals surface area (Å²) in [4.78, 5) is 11.9. The van der Waals surface area contributed by atoms with E-state index in [1.165, 1.54) is 10.6 Å². The van der Waals surface area contributed by atoms with Gasteiger partial charge in [0.2, 0.25) is 10.0 Å². The summed E-state index contributed by atoms with van der Waals surface area (Å²) in [5.41, 5.74) is 0. The van der Waals surface area contributed by atoms with Gasteiger partial charge in [0.1, 0.15) is 5.78 Å². The number of ether oxygens (including phenoxy) is 1. The van der Waals surface area contributed by atoms with Crippen LogP contribution in [0.3, 0.4) is 0 Å². The fraction of sp³-hybridized carbons (Fsp3) is 0.923. The number of piperidine rings is 1. The van der Waals surface area contributed by atoms with Crippen LogP contribution < -0.4 is 0 Å². The van der Waals surface area contributed by atoms with Gasteiger partial charge in [0.15, 0.2) is 0 Å². The van der Waals surface area contributed by atoms with Crippen LogP contribution in [-0.2, 0) is 19.6 Å². The molecule has 0 N–H and O–H groups in total. The first-order valence-electron chi connectivity index (χ1n) is 6.82. The molecule has 0 saturated carbocycles. The SMILES string of the molecule is COC(C)CCC(=O)CC1CCCN(S(C)(=O)=O)C1. The van der Waals surface area contributed by atoms with Crippen molar-refractivity contribution in [1.29, 1.82) is 0 Å². The molecule has 1 rings (SSSR count). The van der Waals surface area contributed by atoms with E-state index in [0.717, 1.165) is 19.3 Å². The van der Waals surface area contributed by atoms with Crippen molar-refractivity contribution in [3.8, 4) is 0 Å². The Bertz CT molecular complexity index is 393. The molecule has 0 radical (unpaired) electrons. The van der Waals surface area contributed by atoms with Crippen molar-refractivity contribution in [1.82, 2.24) is 4.31 Å². The first kappa shape index (κ1) is 16.6. The minimum Gasteiger partial charge on any atom is -0.382 e. The minimum atomic E-state index is -3.12. The second-order valence-corrected chi connectivity index (χ2v) is 7.44. The van der Waals surface area contributed by atoms with Crippen LogP contribution in [0.1, 0.15) is 39.0 Å². The fourth-order valence-electron chi connectivity index (χ4n) is 2.40. The number of methoxy groups -OCH3 is 1. The van der Waals surface area contributed by atoms with Crippen molar-refractivity contribution in [2.24, 2.45) is 5.92 Å². The third-order valence-corrected chi connectivity index (χ3v) is 4.97. The lowest BCUT2D eigenvalue weighted by molar-refractivity contribution is -0.120. The molecule has 0 aromatic carbocycles. The second-order valence-electron chi connectivity index (χ2n) is 5.46. The maximum Gasteiger partial charge on any atom is 0.211 e. The van der Waals surface area contributed by atoms with Crippen LogP contribution in [0.25, 0.3) is 0 Å². The smallest absolute Gasteiger partial charge is 0.211 e. The van der Waals surface area contributed by atoms with Crippen LogP contribution in [0.15, 0.2) is 0 Å². The summed E-state index contributed by atoms with van der Waals surface area (Å²) in [7, 11) is -1.48. The summed E-state index contributed by atoms with van der Waals surface area (Å²) in [6.45, 7) is 3.02. The van der Waals surface area contributed by atoms with Crippen molar-refractivity contribution < 1.29 is 17.9 Å². The summed E-state index contributed by atoms with van der Waals surface area (Å²) in [6.07, 6.45) is 4.86. The standard InChI is InChI=1S/C13H25NO4S/c1-11(18-2)6-7-13(15)9-12-5-4-8-14(10-12)19(3,16)17/h11-12H,4-10H2,1-3H3. The van der Waals surface area contributed by atoms with Gasteiger partial charge in [-0.05, 0) is 32.1 Å². The Kier molecular flexibility index (Phi) is 6.42. The van der Waals surface area contributed by atoms with Crippen molar-refractivity contribution in [3.05, 3.63) is 0 Å². The highest BCUT2D eigenvalue weighted by molar-refractivity contribution is 7.88. The maximum absolute atomic E-state index is 11.9. The predicted molar refractivity (Wildman–Crippen MR) is 74.5 cm³/mol. The van der Waals surface area contributed by atoms with Gasteiger partial charge in [-0.15, -0.1) is 0 Å². The number of ketones is 1. The van der Waals surface area contributed by atoms with Crippen molar-refractivity contribution in [2.75, 3.05) is 26.5 Å². The summed E-state index contributed by atoms with van der Waals surface area (Å²) < 4.78 is 29.6. The quantitative estimate of drug-likeness (QED) is 0.712. The number of Topliss-reactive ketones (excluding diaryl/α,β-unsaturated/α-hetero) is 1.